The maximum atomic E-state index is 12.9. The molecule has 3 rings (SSSR count). The van der Waals surface area contributed by atoms with E-state index in [1.54, 1.807) is 49.0 Å². The van der Waals surface area contributed by atoms with Crippen LogP contribution >= 0.6 is 23.4 Å². The average molecular weight is 391 g/mol. The van der Waals surface area contributed by atoms with Gasteiger partial charge in [-0.15, -0.1) is 11.8 Å². The SMILES string of the molecule is CCSc1ccc(Cl)cc1Cn1cnc2cc(OC)c(OC)cc2c1=O. The smallest absolute Gasteiger partial charge is 0.261 e. The molecule has 7 heteroatoms. The molecular weight excluding hydrogens is 372 g/mol. The lowest BCUT2D eigenvalue weighted by molar-refractivity contribution is 0.355. The maximum Gasteiger partial charge on any atom is 0.261 e. The lowest BCUT2D eigenvalue weighted by Crippen LogP contribution is -2.21. The molecule has 26 heavy (non-hydrogen) atoms. The highest BCUT2D eigenvalue weighted by Crippen LogP contribution is 2.30. The number of methoxy groups -OCH3 is 2. The maximum absolute atomic E-state index is 12.9. The Bertz CT molecular complexity index is 1000. The third kappa shape index (κ3) is 3.66. The van der Waals surface area contributed by atoms with Crippen molar-refractivity contribution in [3.63, 3.8) is 0 Å². The molecule has 0 atom stereocenters. The summed E-state index contributed by atoms with van der Waals surface area (Å²) in [7, 11) is 3.09. The number of halogens is 1. The minimum atomic E-state index is -0.136. The monoisotopic (exact) mass is 390 g/mol. The largest absolute Gasteiger partial charge is 0.493 e. The Hall–Kier alpha value is -2.18. The van der Waals surface area contributed by atoms with Crippen LogP contribution in [-0.4, -0.2) is 29.5 Å². The third-order valence-electron chi connectivity index (χ3n) is 3.99. The van der Waals surface area contributed by atoms with Gasteiger partial charge in [-0.25, -0.2) is 4.98 Å². The summed E-state index contributed by atoms with van der Waals surface area (Å²) in [5, 5.41) is 1.13. The van der Waals surface area contributed by atoms with Gasteiger partial charge in [0.2, 0.25) is 0 Å². The first-order chi connectivity index (χ1) is 12.6. The first-order valence-corrected chi connectivity index (χ1v) is 9.46. The second-order valence-electron chi connectivity index (χ2n) is 5.59. The van der Waals surface area contributed by atoms with E-state index in [1.807, 2.05) is 18.2 Å². The Morgan fingerprint density at radius 1 is 1.15 bits per heavy atom. The average Bonchev–Trinajstić information content (AvgIpc) is 2.65. The van der Waals surface area contributed by atoms with E-state index in [4.69, 9.17) is 21.1 Å². The van der Waals surface area contributed by atoms with Crippen LogP contribution in [0.25, 0.3) is 10.9 Å². The Morgan fingerprint density at radius 3 is 2.58 bits per heavy atom. The molecule has 0 unspecified atom stereocenters. The van der Waals surface area contributed by atoms with E-state index in [2.05, 4.69) is 11.9 Å². The minimum absolute atomic E-state index is 0.136. The van der Waals surface area contributed by atoms with Gasteiger partial charge in [-0.05, 0) is 35.6 Å². The molecule has 0 spiro atoms. The van der Waals surface area contributed by atoms with E-state index in [-0.39, 0.29) is 5.56 Å². The molecule has 1 heterocycles. The number of fused-ring (bicyclic) bond motifs is 1. The van der Waals surface area contributed by atoms with Crippen molar-refractivity contribution in [3.8, 4) is 11.5 Å². The fourth-order valence-electron chi connectivity index (χ4n) is 2.75. The van der Waals surface area contributed by atoms with Crippen molar-refractivity contribution in [1.82, 2.24) is 9.55 Å². The van der Waals surface area contributed by atoms with Crippen molar-refractivity contribution < 1.29 is 9.47 Å². The number of aromatic nitrogens is 2. The fourth-order valence-corrected chi connectivity index (χ4v) is 3.73. The van der Waals surface area contributed by atoms with Crippen LogP contribution in [0.5, 0.6) is 11.5 Å². The van der Waals surface area contributed by atoms with E-state index in [1.165, 1.54) is 0 Å². The quantitative estimate of drug-likeness (QED) is 0.589. The van der Waals surface area contributed by atoms with Gasteiger partial charge in [0, 0.05) is 16.0 Å². The highest BCUT2D eigenvalue weighted by atomic mass is 35.5. The molecule has 0 saturated heterocycles. The third-order valence-corrected chi connectivity index (χ3v) is 5.23. The molecule has 0 saturated carbocycles. The number of nitrogens with zero attached hydrogens (tertiary/aromatic N) is 2. The normalized spacial score (nSPS) is 10.9. The van der Waals surface area contributed by atoms with E-state index in [0.717, 1.165) is 16.2 Å². The Labute approximate surface area is 160 Å². The van der Waals surface area contributed by atoms with Gasteiger partial charge < -0.3 is 9.47 Å². The molecule has 0 fully saturated rings. The van der Waals surface area contributed by atoms with Gasteiger partial charge in [-0.1, -0.05) is 18.5 Å². The van der Waals surface area contributed by atoms with Gasteiger partial charge in [-0.3, -0.25) is 9.36 Å². The van der Waals surface area contributed by atoms with E-state index in [0.29, 0.717) is 34.0 Å². The summed E-state index contributed by atoms with van der Waals surface area (Å²) in [5.74, 6) is 1.99. The highest BCUT2D eigenvalue weighted by molar-refractivity contribution is 7.99. The first kappa shape index (κ1) is 18.6. The molecule has 0 radical (unpaired) electrons. The second-order valence-corrected chi connectivity index (χ2v) is 7.33. The zero-order valence-corrected chi connectivity index (χ0v) is 16.4. The van der Waals surface area contributed by atoms with Crippen molar-refractivity contribution in [2.75, 3.05) is 20.0 Å². The van der Waals surface area contributed by atoms with E-state index in [9.17, 15) is 4.79 Å². The molecule has 0 N–H and O–H groups in total. The molecule has 0 bridgehead atoms. The Kier molecular flexibility index (Phi) is 5.74. The van der Waals surface area contributed by atoms with Crippen molar-refractivity contribution in [2.24, 2.45) is 0 Å². The van der Waals surface area contributed by atoms with Crippen molar-refractivity contribution in [3.05, 3.63) is 57.6 Å². The molecule has 0 aliphatic rings. The molecule has 0 aliphatic carbocycles. The summed E-state index contributed by atoms with van der Waals surface area (Å²) >= 11 is 7.87. The van der Waals surface area contributed by atoms with Crippen molar-refractivity contribution >= 4 is 34.3 Å². The van der Waals surface area contributed by atoms with Crippen LogP contribution in [-0.2, 0) is 6.54 Å². The molecular formula is C19H19ClN2O3S. The molecule has 0 aliphatic heterocycles. The predicted octanol–water partition coefficient (Wildman–Crippen LogP) is 4.23. The minimum Gasteiger partial charge on any atom is -0.493 e. The van der Waals surface area contributed by atoms with Crippen LogP contribution in [0, 0.1) is 0 Å². The zero-order chi connectivity index (χ0) is 18.7. The lowest BCUT2D eigenvalue weighted by Gasteiger charge is -2.13. The fraction of sp³-hybridized carbons (Fsp3) is 0.263. The first-order valence-electron chi connectivity index (χ1n) is 8.09. The molecule has 3 aromatic rings. The highest BCUT2D eigenvalue weighted by Gasteiger charge is 2.12. The summed E-state index contributed by atoms with van der Waals surface area (Å²) < 4.78 is 12.2. The van der Waals surface area contributed by atoms with Gasteiger partial charge in [0.1, 0.15) is 0 Å². The Morgan fingerprint density at radius 2 is 1.88 bits per heavy atom. The van der Waals surface area contributed by atoms with E-state index < -0.39 is 0 Å². The zero-order valence-electron chi connectivity index (χ0n) is 14.8. The topological polar surface area (TPSA) is 53.4 Å². The number of benzene rings is 2. The number of thioether (sulfide) groups is 1. The molecule has 136 valence electrons. The van der Waals surface area contributed by atoms with Gasteiger partial charge in [-0.2, -0.15) is 0 Å². The van der Waals surface area contributed by atoms with Crippen LogP contribution in [0.1, 0.15) is 12.5 Å². The van der Waals surface area contributed by atoms with Crippen molar-refractivity contribution in [2.45, 2.75) is 18.4 Å². The molecule has 2 aromatic carbocycles. The number of rotatable bonds is 6. The Balaban J connectivity index is 2.08. The summed E-state index contributed by atoms with van der Waals surface area (Å²) in [6.07, 6.45) is 1.55. The van der Waals surface area contributed by atoms with Crippen LogP contribution in [0.4, 0.5) is 0 Å². The summed E-state index contributed by atoms with van der Waals surface area (Å²) in [5.41, 5.74) is 1.43. The summed E-state index contributed by atoms with van der Waals surface area (Å²) in [6, 6.07) is 9.11. The molecule has 0 amide bonds. The van der Waals surface area contributed by atoms with Crippen LogP contribution < -0.4 is 15.0 Å². The number of ether oxygens (including phenoxy) is 2. The standard InChI is InChI=1S/C19H19ClN2O3S/c1-4-26-18-6-5-13(20)7-12(18)10-22-11-21-15-9-17(25-3)16(24-2)8-14(15)19(22)23/h5-9,11H,4,10H2,1-3H3. The predicted molar refractivity (Wildman–Crippen MR) is 106 cm³/mol. The van der Waals surface area contributed by atoms with Crippen LogP contribution in [0.2, 0.25) is 5.02 Å². The van der Waals surface area contributed by atoms with E-state index >= 15 is 0 Å². The number of hydrogen-bond donors (Lipinski definition) is 0. The summed E-state index contributed by atoms with van der Waals surface area (Å²) in [6.45, 7) is 2.49. The van der Waals surface area contributed by atoms with Gasteiger partial charge >= 0.3 is 0 Å². The molecule has 5 nitrogen and oxygen atoms in total. The van der Waals surface area contributed by atoms with Crippen LogP contribution in [0.15, 0.2) is 46.3 Å². The van der Waals surface area contributed by atoms with Crippen LogP contribution in [0.3, 0.4) is 0 Å². The lowest BCUT2D eigenvalue weighted by atomic mass is 10.2. The van der Waals surface area contributed by atoms with Gasteiger partial charge in [0.25, 0.3) is 5.56 Å². The van der Waals surface area contributed by atoms with Crippen molar-refractivity contribution in [1.29, 1.82) is 0 Å². The number of hydrogen-bond acceptors (Lipinski definition) is 5. The molecule has 1 aromatic heterocycles. The van der Waals surface area contributed by atoms with Gasteiger partial charge in [0.05, 0.1) is 38.0 Å². The van der Waals surface area contributed by atoms with Gasteiger partial charge in [0.15, 0.2) is 11.5 Å². The second kappa shape index (κ2) is 8.01. The summed E-state index contributed by atoms with van der Waals surface area (Å²) in [4.78, 5) is 18.5.